The van der Waals surface area contributed by atoms with Crippen LogP contribution < -0.4 is 5.32 Å². The fourth-order valence-electron chi connectivity index (χ4n) is 3.17. The SMILES string of the molecule is CCCNC(Cc1cccc(F)c1)C1CCOC1CC. The smallest absolute Gasteiger partial charge is 0.123 e. The molecular formula is C17H26FNO. The summed E-state index contributed by atoms with van der Waals surface area (Å²) in [4.78, 5) is 0. The van der Waals surface area contributed by atoms with Crippen molar-refractivity contribution in [3.8, 4) is 0 Å². The Balaban J connectivity index is 2.06. The first-order valence-electron chi connectivity index (χ1n) is 7.84. The summed E-state index contributed by atoms with van der Waals surface area (Å²) >= 11 is 0. The van der Waals surface area contributed by atoms with Gasteiger partial charge < -0.3 is 10.1 Å². The highest BCUT2D eigenvalue weighted by Crippen LogP contribution is 2.28. The van der Waals surface area contributed by atoms with E-state index in [0.717, 1.165) is 44.4 Å². The zero-order valence-electron chi connectivity index (χ0n) is 12.6. The molecule has 3 atom stereocenters. The van der Waals surface area contributed by atoms with Crippen molar-refractivity contribution in [2.24, 2.45) is 5.92 Å². The third-order valence-electron chi connectivity index (χ3n) is 4.18. The Kier molecular flexibility index (Phi) is 5.99. The minimum Gasteiger partial charge on any atom is -0.378 e. The van der Waals surface area contributed by atoms with Gasteiger partial charge in [-0.05, 0) is 49.9 Å². The molecule has 3 unspecified atom stereocenters. The van der Waals surface area contributed by atoms with Crippen molar-refractivity contribution in [3.63, 3.8) is 0 Å². The van der Waals surface area contributed by atoms with Gasteiger partial charge in [-0.25, -0.2) is 4.39 Å². The number of benzene rings is 1. The van der Waals surface area contributed by atoms with Crippen molar-refractivity contribution in [1.29, 1.82) is 0 Å². The first-order chi connectivity index (χ1) is 9.74. The normalized spacial score (nSPS) is 23.9. The second-order valence-corrected chi connectivity index (χ2v) is 5.66. The van der Waals surface area contributed by atoms with Gasteiger partial charge in [0.05, 0.1) is 6.10 Å². The van der Waals surface area contributed by atoms with Crippen LogP contribution in [0.4, 0.5) is 4.39 Å². The first kappa shape index (κ1) is 15.5. The van der Waals surface area contributed by atoms with Gasteiger partial charge in [0, 0.05) is 18.6 Å². The number of rotatable bonds is 7. The molecule has 20 heavy (non-hydrogen) atoms. The summed E-state index contributed by atoms with van der Waals surface area (Å²) in [6, 6.07) is 7.34. The van der Waals surface area contributed by atoms with Gasteiger partial charge in [0.1, 0.15) is 5.82 Å². The van der Waals surface area contributed by atoms with Gasteiger partial charge in [-0.1, -0.05) is 26.0 Å². The van der Waals surface area contributed by atoms with Crippen molar-refractivity contribution in [3.05, 3.63) is 35.6 Å². The molecule has 1 saturated heterocycles. The Bertz CT molecular complexity index is 410. The molecule has 0 aromatic heterocycles. The number of hydrogen-bond donors (Lipinski definition) is 1. The molecule has 0 amide bonds. The maximum absolute atomic E-state index is 13.3. The predicted molar refractivity (Wildman–Crippen MR) is 80.3 cm³/mol. The van der Waals surface area contributed by atoms with Crippen LogP contribution in [0.3, 0.4) is 0 Å². The highest BCUT2D eigenvalue weighted by Gasteiger charge is 2.33. The Morgan fingerprint density at radius 3 is 2.95 bits per heavy atom. The first-order valence-corrected chi connectivity index (χ1v) is 7.84. The van der Waals surface area contributed by atoms with Crippen molar-refractivity contribution in [1.82, 2.24) is 5.32 Å². The number of nitrogens with one attached hydrogen (secondary N) is 1. The van der Waals surface area contributed by atoms with Crippen LogP contribution in [0, 0.1) is 11.7 Å². The van der Waals surface area contributed by atoms with Gasteiger partial charge in [0.2, 0.25) is 0 Å². The molecule has 0 spiro atoms. The van der Waals surface area contributed by atoms with Crippen LogP contribution in [-0.2, 0) is 11.2 Å². The van der Waals surface area contributed by atoms with Crippen molar-refractivity contribution in [2.45, 2.75) is 51.7 Å². The Morgan fingerprint density at radius 1 is 1.40 bits per heavy atom. The molecule has 112 valence electrons. The minimum atomic E-state index is -0.147. The molecule has 1 aromatic rings. The van der Waals surface area contributed by atoms with Crippen molar-refractivity contribution < 1.29 is 9.13 Å². The molecule has 1 aliphatic rings. The lowest BCUT2D eigenvalue weighted by atomic mass is 9.87. The maximum atomic E-state index is 13.3. The van der Waals surface area contributed by atoms with Crippen LogP contribution in [0.2, 0.25) is 0 Å². The summed E-state index contributed by atoms with van der Waals surface area (Å²) in [6.45, 7) is 6.22. The van der Waals surface area contributed by atoms with E-state index < -0.39 is 0 Å². The Labute approximate surface area is 121 Å². The molecule has 1 aromatic carbocycles. The van der Waals surface area contributed by atoms with Gasteiger partial charge in [-0.15, -0.1) is 0 Å². The van der Waals surface area contributed by atoms with E-state index in [2.05, 4.69) is 19.2 Å². The van der Waals surface area contributed by atoms with E-state index >= 15 is 0 Å². The largest absolute Gasteiger partial charge is 0.378 e. The fourth-order valence-corrected chi connectivity index (χ4v) is 3.17. The lowest BCUT2D eigenvalue weighted by molar-refractivity contribution is 0.0774. The van der Waals surface area contributed by atoms with E-state index in [1.807, 2.05) is 6.07 Å². The predicted octanol–water partition coefficient (Wildman–Crippen LogP) is 3.55. The van der Waals surface area contributed by atoms with Gasteiger partial charge in [-0.3, -0.25) is 0 Å². The molecule has 0 radical (unpaired) electrons. The van der Waals surface area contributed by atoms with E-state index in [1.165, 1.54) is 6.07 Å². The molecule has 1 N–H and O–H groups in total. The molecule has 1 heterocycles. The molecule has 1 fully saturated rings. The highest BCUT2D eigenvalue weighted by atomic mass is 19.1. The van der Waals surface area contributed by atoms with Gasteiger partial charge in [-0.2, -0.15) is 0 Å². The quantitative estimate of drug-likeness (QED) is 0.824. The lowest BCUT2D eigenvalue weighted by Gasteiger charge is -2.28. The average Bonchev–Trinajstić information content (AvgIpc) is 2.92. The lowest BCUT2D eigenvalue weighted by Crippen LogP contribution is -2.41. The molecule has 2 nitrogen and oxygen atoms in total. The zero-order chi connectivity index (χ0) is 14.4. The van der Waals surface area contributed by atoms with E-state index in [1.54, 1.807) is 12.1 Å². The van der Waals surface area contributed by atoms with Crippen LogP contribution in [0.25, 0.3) is 0 Å². The second kappa shape index (κ2) is 7.75. The van der Waals surface area contributed by atoms with Gasteiger partial charge in [0.25, 0.3) is 0 Å². The van der Waals surface area contributed by atoms with E-state index in [0.29, 0.717) is 18.1 Å². The molecule has 2 rings (SSSR count). The number of hydrogen-bond acceptors (Lipinski definition) is 2. The van der Waals surface area contributed by atoms with E-state index in [9.17, 15) is 4.39 Å². The minimum absolute atomic E-state index is 0.147. The monoisotopic (exact) mass is 279 g/mol. The zero-order valence-corrected chi connectivity index (χ0v) is 12.6. The molecule has 3 heteroatoms. The van der Waals surface area contributed by atoms with E-state index in [4.69, 9.17) is 4.74 Å². The maximum Gasteiger partial charge on any atom is 0.123 e. The third-order valence-corrected chi connectivity index (χ3v) is 4.18. The summed E-state index contributed by atoms with van der Waals surface area (Å²) in [5, 5.41) is 3.64. The van der Waals surface area contributed by atoms with Crippen LogP contribution in [-0.4, -0.2) is 25.3 Å². The number of ether oxygens (including phenoxy) is 1. The summed E-state index contributed by atoms with van der Waals surface area (Å²) in [5.41, 5.74) is 1.07. The summed E-state index contributed by atoms with van der Waals surface area (Å²) < 4.78 is 19.2. The third kappa shape index (κ3) is 4.03. The van der Waals surface area contributed by atoms with Crippen LogP contribution in [0.1, 0.15) is 38.7 Å². The molecule has 0 aliphatic carbocycles. The Hall–Kier alpha value is -0.930. The van der Waals surface area contributed by atoms with Crippen LogP contribution >= 0.6 is 0 Å². The van der Waals surface area contributed by atoms with E-state index in [-0.39, 0.29) is 5.82 Å². The summed E-state index contributed by atoms with van der Waals surface area (Å²) in [5.74, 6) is 0.390. The topological polar surface area (TPSA) is 21.3 Å². The molecule has 1 aliphatic heterocycles. The fraction of sp³-hybridized carbons (Fsp3) is 0.647. The van der Waals surface area contributed by atoms with Crippen molar-refractivity contribution >= 4 is 0 Å². The highest BCUT2D eigenvalue weighted by molar-refractivity contribution is 5.18. The average molecular weight is 279 g/mol. The number of halogens is 1. The molecular weight excluding hydrogens is 253 g/mol. The summed E-state index contributed by atoms with van der Waals surface area (Å²) in [6.07, 6.45) is 4.50. The molecule has 0 bridgehead atoms. The standard InChI is InChI=1S/C17H26FNO/c1-3-9-19-16(15-8-10-20-17(15)4-2)12-13-6-5-7-14(18)11-13/h5-7,11,15-17,19H,3-4,8-10,12H2,1-2H3. The van der Waals surface area contributed by atoms with Crippen LogP contribution in [0.5, 0.6) is 0 Å². The van der Waals surface area contributed by atoms with Crippen molar-refractivity contribution in [2.75, 3.05) is 13.2 Å². The summed E-state index contributed by atoms with van der Waals surface area (Å²) in [7, 11) is 0. The Morgan fingerprint density at radius 2 is 2.25 bits per heavy atom. The van der Waals surface area contributed by atoms with Gasteiger partial charge in [0.15, 0.2) is 0 Å². The second-order valence-electron chi connectivity index (χ2n) is 5.66. The molecule has 0 saturated carbocycles. The van der Waals surface area contributed by atoms with Gasteiger partial charge >= 0.3 is 0 Å². The van der Waals surface area contributed by atoms with Crippen LogP contribution in [0.15, 0.2) is 24.3 Å².